The number of aryl methyl sites for hydroxylation is 1. The fourth-order valence-corrected chi connectivity index (χ4v) is 1.47. The summed E-state index contributed by atoms with van der Waals surface area (Å²) < 4.78 is 0. The Kier molecular flexibility index (Phi) is 5.53. The van der Waals surface area contributed by atoms with Gasteiger partial charge >= 0.3 is 0 Å². The second-order valence-corrected chi connectivity index (χ2v) is 3.68. The van der Waals surface area contributed by atoms with Gasteiger partial charge in [-0.3, -0.25) is 4.79 Å². The Hall–Kier alpha value is -1.39. The van der Waals surface area contributed by atoms with Crippen molar-refractivity contribution in [2.75, 3.05) is 13.2 Å². The number of carbonyl (C=O) groups excluding carboxylic acids is 1. The molecule has 4 nitrogen and oxygen atoms in total. The minimum atomic E-state index is -0.629. The summed E-state index contributed by atoms with van der Waals surface area (Å²) >= 11 is 0. The summed E-state index contributed by atoms with van der Waals surface area (Å²) in [6, 6.07) is 9.49. The Labute approximate surface area is 95.5 Å². The largest absolute Gasteiger partial charge is 0.394 e. The van der Waals surface area contributed by atoms with Crippen molar-refractivity contribution in [2.24, 2.45) is 5.73 Å². The van der Waals surface area contributed by atoms with Crippen LogP contribution in [0.2, 0.25) is 0 Å². The van der Waals surface area contributed by atoms with E-state index in [9.17, 15) is 4.79 Å². The SMILES string of the molecule is NC(=O)[C@H](CO)NCCCc1ccccc1. The van der Waals surface area contributed by atoms with Crippen molar-refractivity contribution in [3.8, 4) is 0 Å². The van der Waals surface area contributed by atoms with Gasteiger partial charge in [-0.1, -0.05) is 30.3 Å². The number of aliphatic hydroxyl groups excluding tert-OH is 1. The summed E-state index contributed by atoms with van der Waals surface area (Å²) in [6.45, 7) is 0.420. The van der Waals surface area contributed by atoms with Crippen LogP contribution in [0.1, 0.15) is 12.0 Å². The standard InChI is InChI=1S/C12H18N2O2/c13-12(16)11(9-15)14-8-4-7-10-5-2-1-3-6-10/h1-3,5-6,11,14-15H,4,7-9H2,(H2,13,16)/t11-/m0/s1. The van der Waals surface area contributed by atoms with Crippen molar-refractivity contribution in [1.29, 1.82) is 0 Å². The highest BCUT2D eigenvalue weighted by molar-refractivity contribution is 5.79. The first kappa shape index (κ1) is 12.7. The van der Waals surface area contributed by atoms with E-state index in [2.05, 4.69) is 17.4 Å². The van der Waals surface area contributed by atoms with Crippen LogP contribution in [0.15, 0.2) is 30.3 Å². The summed E-state index contributed by atoms with van der Waals surface area (Å²) in [6.07, 6.45) is 1.86. The molecule has 4 N–H and O–H groups in total. The first-order valence-electron chi connectivity index (χ1n) is 5.41. The third-order valence-corrected chi connectivity index (χ3v) is 2.40. The second kappa shape index (κ2) is 6.98. The Morgan fingerprint density at radius 1 is 1.38 bits per heavy atom. The number of nitrogens with two attached hydrogens (primary N) is 1. The molecular weight excluding hydrogens is 204 g/mol. The van der Waals surface area contributed by atoms with Crippen LogP contribution >= 0.6 is 0 Å². The zero-order valence-corrected chi connectivity index (χ0v) is 9.23. The lowest BCUT2D eigenvalue weighted by atomic mass is 10.1. The molecule has 1 aromatic rings. The van der Waals surface area contributed by atoms with Crippen LogP contribution in [0, 0.1) is 0 Å². The highest BCUT2D eigenvalue weighted by Crippen LogP contribution is 2.01. The number of nitrogens with one attached hydrogen (secondary N) is 1. The normalized spacial score (nSPS) is 12.3. The van der Waals surface area contributed by atoms with Gasteiger partial charge in [0.1, 0.15) is 6.04 Å². The first-order valence-corrected chi connectivity index (χ1v) is 5.41. The van der Waals surface area contributed by atoms with Crippen LogP contribution in [-0.2, 0) is 11.2 Å². The van der Waals surface area contributed by atoms with Crippen molar-refractivity contribution < 1.29 is 9.90 Å². The molecule has 0 aliphatic rings. The maximum atomic E-state index is 10.8. The van der Waals surface area contributed by atoms with Gasteiger partial charge in [-0.25, -0.2) is 0 Å². The van der Waals surface area contributed by atoms with Crippen LogP contribution in [0.5, 0.6) is 0 Å². The molecule has 0 bridgehead atoms. The molecule has 0 fully saturated rings. The molecule has 1 atom stereocenters. The molecular formula is C12H18N2O2. The maximum Gasteiger partial charge on any atom is 0.236 e. The molecule has 0 unspecified atom stereocenters. The Balaban J connectivity index is 2.19. The minimum Gasteiger partial charge on any atom is -0.394 e. The number of amides is 1. The predicted octanol–water partition coefficient (Wildman–Crippen LogP) is 0.0550. The van der Waals surface area contributed by atoms with Crippen LogP contribution < -0.4 is 11.1 Å². The van der Waals surface area contributed by atoms with Gasteiger partial charge in [0, 0.05) is 0 Å². The van der Waals surface area contributed by atoms with Gasteiger partial charge in [-0.05, 0) is 24.9 Å². The molecule has 1 aromatic carbocycles. The Morgan fingerprint density at radius 2 is 2.06 bits per heavy atom. The van der Waals surface area contributed by atoms with E-state index in [4.69, 9.17) is 10.8 Å². The summed E-state index contributed by atoms with van der Waals surface area (Å²) in [5.41, 5.74) is 6.35. The molecule has 0 aliphatic carbocycles. The minimum absolute atomic E-state index is 0.249. The van der Waals surface area contributed by atoms with Gasteiger partial charge in [-0.2, -0.15) is 0 Å². The van der Waals surface area contributed by atoms with Crippen LogP contribution in [0.4, 0.5) is 0 Å². The van der Waals surface area contributed by atoms with Crippen molar-refractivity contribution in [3.63, 3.8) is 0 Å². The second-order valence-electron chi connectivity index (χ2n) is 3.68. The predicted molar refractivity (Wildman–Crippen MR) is 62.8 cm³/mol. The fraction of sp³-hybridized carbons (Fsp3) is 0.417. The third kappa shape index (κ3) is 4.42. The number of aliphatic hydroxyl groups is 1. The summed E-state index contributed by atoms with van der Waals surface area (Å²) in [5.74, 6) is -0.512. The molecule has 0 saturated heterocycles. The summed E-state index contributed by atoms with van der Waals surface area (Å²) in [7, 11) is 0. The van der Waals surface area contributed by atoms with E-state index in [1.54, 1.807) is 0 Å². The van der Waals surface area contributed by atoms with Gasteiger partial charge in [0.25, 0.3) is 0 Å². The maximum absolute atomic E-state index is 10.8. The van der Waals surface area contributed by atoms with Crippen molar-refractivity contribution >= 4 is 5.91 Å². The topological polar surface area (TPSA) is 75.4 Å². The number of hydrogen-bond acceptors (Lipinski definition) is 3. The van der Waals surface area contributed by atoms with E-state index >= 15 is 0 Å². The van der Waals surface area contributed by atoms with Crippen molar-refractivity contribution in [1.82, 2.24) is 5.32 Å². The van der Waals surface area contributed by atoms with Crippen LogP contribution in [0.3, 0.4) is 0 Å². The lowest BCUT2D eigenvalue weighted by molar-refractivity contribution is -0.120. The molecule has 4 heteroatoms. The third-order valence-electron chi connectivity index (χ3n) is 2.40. The smallest absolute Gasteiger partial charge is 0.236 e. The molecule has 0 aliphatic heterocycles. The van der Waals surface area contributed by atoms with E-state index in [0.29, 0.717) is 6.54 Å². The lowest BCUT2D eigenvalue weighted by Crippen LogP contribution is -2.44. The molecule has 1 amide bonds. The number of carbonyl (C=O) groups is 1. The lowest BCUT2D eigenvalue weighted by Gasteiger charge is -2.11. The summed E-state index contributed by atoms with van der Waals surface area (Å²) in [5, 5.41) is 11.8. The quantitative estimate of drug-likeness (QED) is 0.571. The number of rotatable bonds is 7. The van der Waals surface area contributed by atoms with Gasteiger partial charge in [0.2, 0.25) is 5.91 Å². The Bertz CT molecular complexity index is 314. The van der Waals surface area contributed by atoms with E-state index in [1.165, 1.54) is 5.56 Å². The zero-order valence-electron chi connectivity index (χ0n) is 9.23. The Morgan fingerprint density at radius 3 is 2.62 bits per heavy atom. The zero-order chi connectivity index (χ0) is 11.8. The average molecular weight is 222 g/mol. The molecule has 0 heterocycles. The van der Waals surface area contributed by atoms with E-state index in [1.807, 2.05) is 18.2 Å². The highest BCUT2D eigenvalue weighted by Gasteiger charge is 2.11. The molecule has 0 spiro atoms. The number of primary amides is 1. The first-order chi connectivity index (χ1) is 7.74. The van der Waals surface area contributed by atoms with Crippen LogP contribution in [0.25, 0.3) is 0 Å². The number of hydrogen-bond donors (Lipinski definition) is 3. The van der Waals surface area contributed by atoms with E-state index in [0.717, 1.165) is 12.8 Å². The monoisotopic (exact) mass is 222 g/mol. The van der Waals surface area contributed by atoms with E-state index in [-0.39, 0.29) is 6.61 Å². The van der Waals surface area contributed by atoms with Gasteiger partial charge in [0.15, 0.2) is 0 Å². The van der Waals surface area contributed by atoms with Crippen molar-refractivity contribution in [2.45, 2.75) is 18.9 Å². The van der Waals surface area contributed by atoms with Crippen molar-refractivity contribution in [3.05, 3.63) is 35.9 Å². The van der Waals surface area contributed by atoms with Gasteiger partial charge in [0.05, 0.1) is 6.61 Å². The highest BCUT2D eigenvalue weighted by atomic mass is 16.3. The molecule has 16 heavy (non-hydrogen) atoms. The fourth-order valence-electron chi connectivity index (χ4n) is 1.47. The van der Waals surface area contributed by atoms with Gasteiger partial charge in [-0.15, -0.1) is 0 Å². The summed E-state index contributed by atoms with van der Waals surface area (Å²) in [4.78, 5) is 10.8. The molecule has 88 valence electrons. The molecule has 0 radical (unpaired) electrons. The number of benzene rings is 1. The molecule has 1 rings (SSSR count). The molecule has 0 aromatic heterocycles. The van der Waals surface area contributed by atoms with Crippen LogP contribution in [-0.4, -0.2) is 30.2 Å². The van der Waals surface area contributed by atoms with Gasteiger partial charge < -0.3 is 16.2 Å². The average Bonchev–Trinajstić information content (AvgIpc) is 2.30. The molecule has 0 saturated carbocycles. The van der Waals surface area contributed by atoms with E-state index < -0.39 is 11.9 Å².